The molecule has 5 heteroatoms. The van der Waals surface area contributed by atoms with Gasteiger partial charge in [0.2, 0.25) is 5.91 Å². The summed E-state index contributed by atoms with van der Waals surface area (Å²) in [5.41, 5.74) is 0.0293. The second kappa shape index (κ2) is 7.56. The van der Waals surface area contributed by atoms with Crippen molar-refractivity contribution in [2.24, 2.45) is 5.41 Å². The van der Waals surface area contributed by atoms with Crippen molar-refractivity contribution in [3.8, 4) is 0 Å². The van der Waals surface area contributed by atoms with Crippen LogP contribution in [0.4, 0.5) is 0 Å². The second-order valence-corrected chi connectivity index (χ2v) is 6.69. The summed E-state index contributed by atoms with van der Waals surface area (Å²) in [5.74, 6) is 0.0944. The maximum absolute atomic E-state index is 12.0. The standard InChI is InChI=1S/C16H30N2O3/c1-4-20-14-11-13(16(14,2)3)18-15(19)7-10-21-12-5-8-17-9-6-12/h12-14,17H,4-11H2,1-3H3,(H,18,19). The lowest BCUT2D eigenvalue weighted by Crippen LogP contribution is -2.62. The second-order valence-electron chi connectivity index (χ2n) is 6.69. The highest BCUT2D eigenvalue weighted by Gasteiger charge is 2.49. The molecule has 0 aromatic rings. The lowest BCUT2D eigenvalue weighted by atomic mass is 9.64. The smallest absolute Gasteiger partial charge is 0.222 e. The summed E-state index contributed by atoms with van der Waals surface area (Å²) >= 11 is 0. The van der Waals surface area contributed by atoms with Crippen LogP contribution in [0.5, 0.6) is 0 Å². The van der Waals surface area contributed by atoms with Crippen LogP contribution in [0, 0.1) is 5.41 Å². The van der Waals surface area contributed by atoms with Crippen molar-refractivity contribution in [2.45, 2.75) is 64.7 Å². The van der Waals surface area contributed by atoms with Gasteiger partial charge in [-0.05, 0) is 39.3 Å². The van der Waals surface area contributed by atoms with Crippen LogP contribution < -0.4 is 10.6 Å². The van der Waals surface area contributed by atoms with Crippen LogP contribution in [0.25, 0.3) is 0 Å². The average molecular weight is 298 g/mol. The van der Waals surface area contributed by atoms with Crippen LogP contribution in [0.3, 0.4) is 0 Å². The minimum Gasteiger partial charge on any atom is -0.378 e. The number of hydrogen-bond acceptors (Lipinski definition) is 4. The van der Waals surface area contributed by atoms with Crippen LogP contribution in [0.1, 0.15) is 46.5 Å². The summed E-state index contributed by atoms with van der Waals surface area (Å²) in [6, 6.07) is 0.223. The van der Waals surface area contributed by atoms with Crippen LogP contribution in [0.15, 0.2) is 0 Å². The molecular formula is C16H30N2O3. The third-order valence-electron chi connectivity index (χ3n) is 4.85. The van der Waals surface area contributed by atoms with E-state index in [9.17, 15) is 4.79 Å². The lowest BCUT2D eigenvalue weighted by Gasteiger charge is -2.51. The van der Waals surface area contributed by atoms with Gasteiger partial charge >= 0.3 is 0 Å². The Labute approximate surface area is 128 Å². The predicted octanol–water partition coefficient (Wildman–Crippen LogP) is 1.46. The van der Waals surface area contributed by atoms with E-state index in [-0.39, 0.29) is 23.5 Å². The van der Waals surface area contributed by atoms with Gasteiger partial charge in [-0.2, -0.15) is 0 Å². The molecule has 2 rings (SSSR count). The lowest BCUT2D eigenvalue weighted by molar-refractivity contribution is -0.137. The fraction of sp³-hybridized carbons (Fsp3) is 0.938. The average Bonchev–Trinajstić information content (AvgIpc) is 2.47. The minimum absolute atomic E-state index is 0.0293. The van der Waals surface area contributed by atoms with E-state index in [1.165, 1.54) is 0 Å². The predicted molar refractivity (Wildman–Crippen MR) is 82.2 cm³/mol. The molecule has 1 aliphatic carbocycles. The van der Waals surface area contributed by atoms with Crippen LogP contribution in [-0.4, -0.2) is 50.5 Å². The van der Waals surface area contributed by atoms with Crippen molar-refractivity contribution in [1.29, 1.82) is 0 Å². The van der Waals surface area contributed by atoms with Gasteiger partial charge in [-0.25, -0.2) is 0 Å². The van der Waals surface area contributed by atoms with Crippen LogP contribution in [0.2, 0.25) is 0 Å². The van der Waals surface area contributed by atoms with E-state index in [1.54, 1.807) is 0 Å². The van der Waals surface area contributed by atoms with Gasteiger partial charge in [0.05, 0.1) is 18.8 Å². The molecular weight excluding hydrogens is 268 g/mol. The molecule has 0 radical (unpaired) electrons. The molecule has 1 saturated heterocycles. The zero-order valence-corrected chi connectivity index (χ0v) is 13.6. The van der Waals surface area contributed by atoms with E-state index in [4.69, 9.17) is 9.47 Å². The van der Waals surface area contributed by atoms with E-state index >= 15 is 0 Å². The summed E-state index contributed by atoms with van der Waals surface area (Å²) in [4.78, 5) is 12.0. The van der Waals surface area contributed by atoms with Crippen molar-refractivity contribution in [3.63, 3.8) is 0 Å². The molecule has 2 aliphatic rings. The first-order chi connectivity index (χ1) is 10.0. The van der Waals surface area contributed by atoms with Gasteiger partial charge in [0.25, 0.3) is 0 Å². The highest BCUT2D eigenvalue weighted by atomic mass is 16.5. The topological polar surface area (TPSA) is 59.6 Å². The molecule has 0 aromatic heterocycles. The third kappa shape index (κ3) is 4.41. The largest absolute Gasteiger partial charge is 0.378 e. The van der Waals surface area contributed by atoms with E-state index in [0.29, 0.717) is 19.1 Å². The minimum atomic E-state index is 0.0293. The molecule has 0 spiro atoms. The SMILES string of the molecule is CCOC1CC(NC(=O)CCOC2CCNCC2)C1(C)C. The zero-order chi connectivity index (χ0) is 15.3. The molecule has 2 atom stereocenters. The molecule has 1 heterocycles. The molecule has 5 nitrogen and oxygen atoms in total. The molecule has 2 N–H and O–H groups in total. The molecule has 1 amide bonds. The van der Waals surface area contributed by atoms with Gasteiger partial charge in [-0.15, -0.1) is 0 Å². The Morgan fingerprint density at radius 3 is 2.62 bits per heavy atom. The van der Waals surface area contributed by atoms with Gasteiger partial charge in [0, 0.05) is 24.5 Å². The van der Waals surface area contributed by atoms with Gasteiger partial charge in [0.1, 0.15) is 0 Å². The molecule has 1 saturated carbocycles. The van der Waals surface area contributed by atoms with Crippen molar-refractivity contribution in [1.82, 2.24) is 10.6 Å². The third-order valence-corrected chi connectivity index (χ3v) is 4.85. The first-order valence-electron chi connectivity index (χ1n) is 8.27. The summed E-state index contributed by atoms with van der Waals surface area (Å²) < 4.78 is 11.5. The highest BCUT2D eigenvalue weighted by molar-refractivity contribution is 5.76. The van der Waals surface area contributed by atoms with Crippen LogP contribution in [-0.2, 0) is 14.3 Å². The van der Waals surface area contributed by atoms with Gasteiger partial charge in [-0.3, -0.25) is 4.79 Å². The van der Waals surface area contributed by atoms with E-state index in [0.717, 1.165) is 39.0 Å². The molecule has 0 bridgehead atoms. The first-order valence-corrected chi connectivity index (χ1v) is 8.27. The van der Waals surface area contributed by atoms with Gasteiger partial charge < -0.3 is 20.1 Å². The number of rotatable bonds is 7. The monoisotopic (exact) mass is 298 g/mol. The number of carbonyl (C=O) groups is 1. The van der Waals surface area contributed by atoms with Crippen LogP contribution >= 0.6 is 0 Å². The summed E-state index contributed by atoms with van der Waals surface area (Å²) in [7, 11) is 0. The molecule has 1 aliphatic heterocycles. The summed E-state index contributed by atoms with van der Waals surface area (Å²) in [6.45, 7) is 9.63. The Morgan fingerprint density at radius 1 is 1.29 bits per heavy atom. The Kier molecular flexibility index (Phi) is 6.02. The quantitative estimate of drug-likeness (QED) is 0.747. The number of piperidine rings is 1. The Balaban J connectivity index is 1.61. The van der Waals surface area contributed by atoms with E-state index in [1.807, 2.05) is 6.92 Å². The van der Waals surface area contributed by atoms with Crippen molar-refractivity contribution in [2.75, 3.05) is 26.3 Å². The normalized spacial score (nSPS) is 28.9. The molecule has 122 valence electrons. The number of ether oxygens (including phenoxy) is 2. The van der Waals surface area contributed by atoms with E-state index < -0.39 is 0 Å². The molecule has 0 aromatic carbocycles. The summed E-state index contributed by atoms with van der Waals surface area (Å²) in [5, 5.41) is 6.43. The van der Waals surface area contributed by atoms with E-state index in [2.05, 4.69) is 24.5 Å². The number of nitrogens with one attached hydrogen (secondary N) is 2. The molecule has 21 heavy (non-hydrogen) atoms. The van der Waals surface area contributed by atoms with Crippen molar-refractivity contribution < 1.29 is 14.3 Å². The van der Waals surface area contributed by atoms with Crippen molar-refractivity contribution >= 4 is 5.91 Å². The summed E-state index contributed by atoms with van der Waals surface area (Å²) in [6.07, 6.45) is 4.05. The van der Waals surface area contributed by atoms with Crippen molar-refractivity contribution in [3.05, 3.63) is 0 Å². The molecule has 2 fully saturated rings. The first kappa shape index (κ1) is 16.7. The Hall–Kier alpha value is -0.650. The maximum Gasteiger partial charge on any atom is 0.222 e. The fourth-order valence-corrected chi connectivity index (χ4v) is 3.16. The number of hydrogen-bond donors (Lipinski definition) is 2. The number of amides is 1. The Morgan fingerprint density at radius 2 is 2.00 bits per heavy atom. The molecule has 2 unspecified atom stereocenters. The zero-order valence-electron chi connectivity index (χ0n) is 13.6. The fourth-order valence-electron chi connectivity index (χ4n) is 3.16. The van der Waals surface area contributed by atoms with Gasteiger partial charge in [-0.1, -0.05) is 13.8 Å². The van der Waals surface area contributed by atoms with Gasteiger partial charge in [0.15, 0.2) is 0 Å². The number of carbonyl (C=O) groups excluding carboxylic acids is 1. The highest BCUT2D eigenvalue weighted by Crippen LogP contribution is 2.42. The Bertz CT molecular complexity index is 340. The maximum atomic E-state index is 12.0.